The van der Waals surface area contributed by atoms with Crippen molar-refractivity contribution in [2.75, 3.05) is 0 Å². The van der Waals surface area contributed by atoms with Crippen molar-refractivity contribution in [2.24, 2.45) is 5.41 Å². The number of carboxylic acid groups (broad SMARTS) is 2. The lowest BCUT2D eigenvalue weighted by Gasteiger charge is -2.40. The Labute approximate surface area is 144 Å². The Morgan fingerprint density at radius 1 is 1.04 bits per heavy atom. The third-order valence-electron chi connectivity index (χ3n) is 4.24. The molecule has 1 aromatic rings. The number of nitro benzene ring substituents is 1. The molecule has 8 heteroatoms. The van der Waals surface area contributed by atoms with E-state index in [0.717, 1.165) is 12.1 Å². The van der Waals surface area contributed by atoms with Crippen LogP contribution in [0.15, 0.2) is 12.1 Å². The Balaban J connectivity index is 4.17. The summed E-state index contributed by atoms with van der Waals surface area (Å²) in [6, 6.07) is 1.85. The molecule has 7 nitrogen and oxygen atoms in total. The monoisotopic (exact) mass is 355 g/mol. The Kier molecular flexibility index (Phi) is 5.00. The Morgan fingerprint density at radius 3 is 1.76 bits per heavy atom. The van der Waals surface area contributed by atoms with Gasteiger partial charge in [-0.3, -0.25) is 19.7 Å². The molecule has 0 fully saturated rings. The van der Waals surface area contributed by atoms with Crippen LogP contribution in [-0.4, -0.2) is 27.1 Å². The van der Waals surface area contributed by atoms with Crippen LogP contribution in [0.4, 0.5) is 10.1 Å². The second kappa shape index (κ2) is 6.09. The van der Waals surface area contributed by atoms with Gasteiger partial charge in [0.1, 0.15) is 0 Å². The maximum atomic E-state index is 14.9. The van der Waals surface area contributed by atoms with Crippen molar-refractivity contribution in [1.29, 1.82) is 0 Å². The van der Waals surface area contributed by atoms with Gasteiger partial charge in [-0.25, -0.2) is 0 Å². The highest BCUT2D eigenvalue weighted by molar-refractivity contribution is 6.06. The van der Waals surface area contributed by atoms with Gasteiger partial charge in [-0.15, -0.1) is 0 Å². The molecule has 0 heterocycles. The fourth-order valence-electron chi connectivity index (χ4n) is 3.12. The summed E-state index contributed by atoms with van der Waals surface area (Å²) < 4.78 is 14.9. The number of carboxylic acids is 2. The standard InChI is InChI=1S/C17H22FNO6/c1-15(2,3)11-9(7-8-10(12(11)18)19(24)25)17(13(20)21,14(22)23)16(4,5)6/h7-8H,1-6H3,(H,20,21)(H,22,23). The van der Waals surface area contributed by atoms with E-state index in [-0.39, 0.29) is 11.1 Å². The number of hydrogen-bond acceptors (Lipinski definition) is 4. The minimum Gasteiger partial charge on any atom is -0.480 e. The van der Waals surface area contributed by atoms with E-state index in [4.69, 9.17) is 0 Å². The second-order valence-corrected chi connectivity index (χ2v) is 7.94. The van der Waals surface area contributed by atoms with Crippen molar-refractivity contribution in [3.05, 3.63) is 39.2 Å². The third-order valence-corrected chi connectivity index (χ3v) is 4.24. The molecule has 0 unspecified atom stereocenters. The molecular weight excluding hydrogens is 333 g/mol. The molecule has 0 radical (unpaired) electrons. The van der Waals surface area contributed by atoms with Gasteiger partial charge in [0.2, 0.25) is 5.82 Å². The van der Waals surface area contributed by atoms with E-state index in [9.17, 15) is 34.3 Å². The first-order valence-electron chi connectivity index (χ1n) is 7.54. The van der Waals surface area contributed by atoms with Gasteiger partial charge in [0.05, 0.1) is 4.92 Å². The van der Waals surface area contributed by atoms with Crippen molar-refractivity contribution >= 4 is 17.6 Å². The first-order valence-corrected chi connectivity index (χ1v) is 7.54. The lowest BCUT2D eigenvalue weighted by atomic mass is 9.59. The number of nitrogens with zero attached hydrogens (tertiary/aromatic N) is 1. The van der Waals surface area contributed by atoms with Crippen molar-refractivity contribution in [3.63, 3.8) is 0 Å². The first kappa shape index (κ1) is 20.5. The van der Waals surface area contributed by atoms with Crippen LogP contribution in [-0.2, 0) is 20.4 Å². The summed E-state index contributed by atoms with van der Waals surface area (Å²) in [5, 5.41) is 30.7. The van der Waals surface area contributed by atoms with E-state index in [0.29, 0.717) is 0 Å². The summed E-state index contributed by atoms with van der Waals surface area (Å²) in [6.45, 7) is 8.87. The normalized spacial score (nSPS) is 12.8. The van der Waals surface area contributed by atoms with E-state index in [1.807, 2.05) is 0 Å². The van der Waals surface area contributed by atoms with Crippen LogP contribution in [0.25, 0.3) is 0 Å². The Bertz CT molecular complexity index is 729. The van der Waals surface area contributed by atoms with E-state index in [1.165, 1.54) is 41.5 Å². The fraction of sp³-hybridized carbons (Fsp3) is 0.529. The zero-order valence-electron chi connectivity index (χ0n) is 15.0. The molecule has 0 aliphatic heterocycles. The SMILES string of the molecule is CC(C)(C)c1c(C(C(=O)O)(C(=O)O)C(C)(C)C)ccc([N+](=O)[O-])c1F. The Hall–Kier alpha value is -2.51. The average Bonchev–Trinajstić information content (AvgIpc) is 2.34. The molecule has 0 saturated carbocycles. The molecule has 0 amide bonds. The summed E-state index contributed by atoms with van der Waals surface area (Å²) in [4.78, 5) is 34.3. The molecule has 0 spiro atoms. The molecule has 2 N–H and O–H groups in total. The van der Waals surface area contributed by atoms with E-state index >= 15 is 0 Å². The van der Waals surface area contributed by atoms with Gasteiger partial charge in [-0.05, 0) is 22.5 Å². The maximum Gasteiger partial charge on any atom is 0.326 e. The predicted molar refractivity (Wildman–Crippen MR) is 88.2 cm³/mol. The quantitative estimate of drug-likeness (QED) is 0.485. The van der Waals surface area contributed by atoms with Crippen molar-refractivity contribution < 1.29 is 29.1 Å². The highest BCUT2D eigenvalue weighted by atomic mass is 19.1. The molecule has 25 heavy (non-hydrogen) atoms. The smallest absolute Gasteiger partial charge is 0.326 e. The van der Waals surface area contributed by atoms with Crippen LogP contribution in [0, 0.1) is 21.3 Å². The highest BCUT2D eigenvalue weighted by Gasteiger charge is 2.59. The molecule has 0 aromatic heterocycles. The van der Waals surface area contributed by atoms with Gasteiger partial charge in [0.25, 0.3) is 0 Å². The van der Waals surface area contributed by atoms with E-state index in [2.05, 4.69) is 0 Å². The summed E-state index contributed by atoms with van der Waals surface area (Å²) in [6.07, 6.45) is 0. The van der Waals surface area contributed by atoms with Crippen LogP contribution >= 0.6 is 0 Å². The number of hydrogen-bond donors (Lipinski definition) is 2. The Morgan fingerprint density at radius 2 is 1.48 bits per heavy atom. The van der Waals surface area contributed by atoms with Gasteiger partial charge in [0.15, 0.2) is 5.41 Å². The average molecular weight is 355 g/mol. The van der Waals surface area contributed by atoms with Crippen LogP contribution < -0.4 is 0 Å². The number of nitro groups is 1. The molecular formula is C17H22FNO6. The number of rotatable bonds is 4. The number of benzene rings is 1. The van der Waals surface area contributed by atoms with Gasteiger partial charge in [-0.1, -0.05) is 41.5 Å². The molecule has 0 aliphatic carbocycles. The van der Waals surface area contributed by atoms with Gasteiger partial charge >= 0.3 is 17.6 Å². The predicted octanol–water partition coefficient (Wildman–Crippen LogP) is 3.48. The fourth-order valence-corrected chi connectivity index (χ4v) is 3.12. The molecule has 1 aromatic carbocycles. The molecule has 1 rings (SSSR count). The van der Waals surface area contributed by atoms with Crippen LogP contribution in [0.3, 0.4) is 0 Å². The number of aliphatic carboxylic acids is 2. The third kappa shape index (κ3) is 3.08. The highest BCUT2D eigenvalue weighted by Crippen LogP contribution is 2.47. The van der Waals surface area contributed by atoms with Gasteiger partial charge < -0.3 is 10.2 Å². The van der Waals surface area contributed by atoms with Crippen molar-refractivity contribution in [1.82, 2.24) is 0 Å². The molecule has 138 valence electrons. The largest absolute Gasteiger partial charge is 0.480 e. The van der Waals surface area contributed by atoms with Crippen molar-refractivity contribution in [2.45, 2.75) is 52.4 Å². The van der Waals surface area contributed by atoms with Crippen LogP contribution in [0.5, 0.6) is 0 Å². The van der Waals surface area contributed by atoms with Crippen molar-refractivity contribution in [3.8, 4) is 0 Å². The van der Waals surface area contributed by atoms with Crippen LogP contribution in [0.1, 0.15) is 52.7 Å². The summed E-state index contributed by atoms with van der Waals surface area (Å²) in [5.41, 5.74) is -6.30. The van der Waals surface area contributed by atoms with Crippen LogP contribution in [0.2, 0.25) is 0 Å². The summed E-state index contributed by atoms with van der Waals surface area (Å²) in [5.74, 6) is -4.54. The van der Waals surface area contributed by atoms with Gasteiger partial charge in [0, 0.05) is 11.6 Å². The summed E-state index contributed by atoms with van der Waals surface area (Å²) in [7, 11) is 0. The van der Waals surface area contributed by atoms with E-state index in [1.54, 1.807) is 0 Å². The second-order valence-electron chi connectivity index (χ2n) is 7.94. The minimum absolute atomic E-state index is 0.290. The zero-order chi connectivity index (χ0) is 20.0. The van der Waals surface area contributed by atoms with Gasteiger partial charge in [-0.2, -0.15) is 4.39 Å². The minimum atomic E-state index is -2.48. The molecule has 0 bridgehead atoms. The first-order chi connectivity index (χ1) is 11.1. The topological polar surface area (TPSA) is 118 Å². The lowest BCUT2D eigenvalue weighted by Crippen LogP contribution is -2.54. The maximum absolute atomic E-state index is 14.9. The van der Waals surface area contributed by atoms with E-state index < -0.39 is 44.6 Å². The molecule has 0 atom stereocenters. The number of carbonyl (C=O) groups is 2. The summed E-state index contributed by atoms with van der Waals surface area (Å²) >= 11 is 0. The zero-order valence-corrected chi connectivity index (χ0v) is 15.0. The molecule has 0 aliphatic rings. The number of halogens is 1. The molecule has 0 saturated heterocycles. The lowest BCUT2D eigenvalue weighted by molar-refractivity contribution is -0.387.